The molecule has 0 spiro atoms. The average molecular weight is 467 g/mol. The summed E-state index contributed by atoms with van der Waals surface area (Å²) in [4.78, 5) is 36.6. The standard InChI is InChI=1S/C27H34N2O5/c1-5-23(25(32)28-17(14-24(30)31)15-27(2,3)4)29-26(33)34-16-22-20-12-8-6-10-18(20)19-11-7-9-13-21(19)22/h6-13,17,22-23H,5,14-16H2,1-4H3,(H,28,32)(H,29,33)(H,30,31). The summed E-state index contributed by atoms with van der Waals surface area (Å²) in [6, 6.07) is 14.8. The molecule has 2 aromatic carbocycles. The quantitative estimate of drug-likeness (QED) is 0.497. The van der Waals surface area contributed by atoms with E-state index in [9.17, 15) is 19.5 Å². The molecular weight excluding hydrogens is 432 g/mol. The number of carbonyl (C=O) groups excluding carboxylic acids is 2. The number of benzene rings is 2. The lowest BCUT2D eigenvalue weighted by Crippen LogP contribution is -2.50. The van der Waals surface area contributed by atoms with E-state index in [1.165, 1.54) is 0 Å². The summed E-state index contributed by atoms with van der Waals surface area (Å²) < 4.78 is 5.55. The molecule has 182 valence electrons. The zero-order chi connectivity index (χ0) is 24.9. The molecule has 34 heavy (non-hydrogen) atoms. The van der Waals surface area contributed by atoms with Crippen LogP contribution in [0.5, 0.6) is 0 Å². The first kappa shape index (κ1) is 25.3. The van der Waals surface area contributed by atoms with Gasteiger partial charge in [-0.05, 0) is 40.5 Å². The van der Waals surface area contributed by atoms with Crippen molar-refractivity contribution in [1.82, 2.24) is 10.6 Å². The predicted molar refractivity (Wildman–Crippen MR) is 131 cm³/mol. The number of amides is 2. The van der Waals surface area contributed by atoms with Crippen LogP contribution in [0.15, 0.2) is 48.5 Å². The number of nitrogens with one attached hydrogen (secondary N) is 2. The Bertz CT molecular complexity index is 998. The number of rotatable bonds is 9. The Labute approximate surface area is 200 Å². The van der Waals surface area contributed by atoms with E-state index in [1.54, 1.807) is 6.92 Å². The molecule has 7 heteroatoms. The van der Waals surface area contributed by atoms with Gasteiger partial charge in [0.15, 0.2) is 0 Å². The summed E-state index contributed by atoms with van der Waals surface area (Å²) in [5.41, 5.74) is 4.34. The molecule has 0 aromatic heterocycles. The van der Waals surface area contributed by atoms with Crippen LogP contribution < -0.4 is 10.6 Å². The highest BCUT2D eigenvalue weighted by Gasteiger charge is 2.30. The van der Waals surface area contributed by atoms with E-state index in [1.807, 2.05) is 57.2 Å². The minimum absolute atomic E-state index is 0.0706. The number of aliphatic carboxylic acids is 1. The van der Waals surface area contributed by atoms with Crippen molar-refractivity contribution in [3.8, 4) is 11.1 Å². The monoisotopic (exact) mass is 466 g/mol. The highest BCUT2D eigenvalue weighted by Crippen LogP contribution is 2.44. The molecular formula is C27H34N2O5. The van der Waals surface area contributed by atoms with Crippen molar-refractivity contribution in [2.45, 2.75) is 65.0 Å². The largest absolute Gasteiger partial charge is 0.481 e. The minimum Gasteiger partial charge on any atom is -0.481 e. The Kier molecular flexibility index (Phi) is 7.97. The molecule has 3 rings (SSSR count). The topological polar surface area (TPSA) is 105 Å². The molecule has 2 unspecified atom stereocenters. The zero-order valence-electron chi connectivity index (χ0n) is 20.3. The summed E-state index contributed by atoms with van der Waals surface area (Å²) in [6.07, 6.45) is 0.0109. The van der Waals surface area contributed by atoms with Crippen molar-refractivity contribution in [2.75, 3.05) is 6.61 Å². The SMILES string of the molecule is CCC(NC(=O)OCC1c2ccccc2-c2ccccc21)C(=O)NC(CC(=O)O)CC(C)(C)C. The highest BCUT2D eigenvalue weighted by molar-refractivity contribution is 5.86. The molecule has 2 aromatic rings. The fourth-order valence-corrected chi connectivity index (χ4v) is 4.56. The van der Waals surface area contributed by atoms with Crippen LogP contribution in [0.2, 0.25) is 0 Å². The van der Waals surface area contributed by atoms with Crippen molar-refractivity contribution < 1.29 is 24.2 Å². The summed E-state index contributed by atoms with van der Waals surface area (Å²) in [7, 11) is 0. The summed E-state index contributed by atoms with van der Waals surface area (Å²) in [5.74, 6) is -1.46. The normalized spacial score (nSPS) is 14.5. The molecule has 0 saturated heterocycles. The number of carboxylic acid groups (broad SMARTS) is 1. The van der Waals surface area contributed by atoms with Crippen LogP contribution >= 0.6 is 0 Å². The Morgan fingerprint density at radius 1 is 0.971 bits per heavy atom. The number of carboxylic acids is 1. The van der Waals surface area contributed by atoms with Crippen LogP contribution in [-0.2, 0) is 14.3 Å². The van der Waals surface area contributed by atoms with E-state index in [0.29, 0.717) is 12.8 Å². The molecule has 0 aliphatic heterocycles. The second-order valence-corrected chi connectivity index (χ2v) is 10.00. The molecule has 7 nitrogen and oxygen atoms in total. The van der Waals surface area contributed by atoms with E-state index in [0.717, 1.165) is 22.3 Å². The molecule has 2 amide bonds. The maximum Gasteiger partial charge on any atom is 0.407 e. The van der Waals surface area contributed by atoms with Gasteiger partial charge in [0.2, 0.25) is 5.91 Å². The Morgan fingerprint density at radius 3 is 2.03 bits per heavy atom. The Morgan fingerprint density at radius 2 is 1.53 bits per heavy atom. The third-order valence-corrected chi connectivity index (χ3v) is 5.99. The fourth-order valence-electron chi connectivity index (χ4n) is 4.56. The number of hydrogen-bond donors (Lipinski definition) is 3. The van der Waals surface area contributed by atoms with E-state index >= 15 is 0 Å². The molecule has 0 fully saturated rings. The molecule has 0 saturated carbocycles. The number of hydrogen-bond acceptors (Lipinski definition) is 4. The van der Waals surface area contributed by atoms with Crippen molar-refractivity contribution in [1.29, 1.82) is 0 Å². The molecule has 3 N–H and O–H groups in total. The number of carbonyl (C=O) groups is 3. The van der Waals surface area contributed by atoms with Gasteiger partial charge in [-0.15, -0.1) is 0 Å². The molecule has 2 atom stereocenters. The van der Waals surface area contributed by atoms with Crippen molar-refractivity contribution in [3.63, 3.8) is 0 Å². The van der Waals surface area contributed by atoms with Gasteiger partial charge in [-0.1, -0.05) is 76.2 Å². The Hall–Kier alpha value is -3.35. The van der Waals surface area contributed by atoms with Gasteiger partial charge in [0, 0.05) is 12.0 Å². The van der Waals surface area contributed by atoms with E-state index in [2.05, 4.69) is 22.8 Å². The van der Waals surface area contributed by atoms with Gasteiger partial charge in [-0.3, -0.25) is 9.59 Å². The molecule has 1 aliphatic carbocycles. The van der Waals surface area contributed by atoms with Crippen LogP contribution in [-0.4, -0.2) is 41.8 Å². The van der Waals surface area contributed by atoms with Crippen LogP contribution in [0.25, 0.3) is 11.1 Å². The minimum atomic E-state index is -0.980. The van der Waals surface area contributed by atoms with Crippen LogP contribution in [0.4, 0.5) is 4.79 Å². The van der Waals surface area contributed by atoms with Gasteiger partial charge in [0.25, 0.3) is 0 Å². The van der Waals surface area contributed by atoms with Crippen LogP contribution in [0.3, 0.4) is 0 Å². The van der Waals surface area contributed by atoms with Crippen molar-refractivity contribution in [2.24, 2.45) is 5.41 Å². The fraction of sp³-hybridized carbons (Fsp3) is 0.444. The molecule has 0 radical (unpaired) electrons. The van der Waals surface area contributed by atoms with E-state index in [-0.39, 0.29) is 24.4 Å². The molecule has 0 heterocycles. The Balaban J connectivity index is 1.61. The first-order valence-corrected chi connectivity index (χ1v) is 11.7. The van der Waals surface area contributed by atoms with E-state index in [4.69, 9.17) is 4.74 Å². The third-order valence-electron chi connectivity index (χ3n) is 5.99. The van der Waals surface area contributed by atoms with Gasteiger partial charge < -0.3 is 20.5 Å². The third kappa shape index (κ3) is 6.37. The summed E-state index contributed by atoms with van der Waals surface area (Å²) in [5, 5.41) is 14.6. The van der Waals surface area contributed by atoms with Gasteiger partial charge >= 0.3 is 12.1 Å². The van der Waals surface area contributed by atoms with Crippen molar-refractivity contribution >= 4 is 18.0 Å². The van der Waals surface area contributed by atoms with Gasteiger partial charge in [-0.25, -0.2) is 4.79 Å². The van der Waals surface area contributed by atoms with Gasteiger partial charge in [0.05, 0.1) is 6.42 Å². The van der Waals surface area contributed by atoms with Crippen LogP contribution in [0, 0.1) is 5.41 Å². The van der Waals surface area contributed by atoms with E-state index < -0.39 is 30.1 Å². The lowest BCUT2D eigenvalue weighted by atomic mass is 9.87. The van der Waals surface area contributed by atoms with Crippen molar-refractivity contribution in [3.05, 3.63) is 59.7 Å². The summed E-state index contributed by atoms with van der Waals surface area (Å²) in [6.45, 7) is 7.90. The summed E-state index contributed by atoms with van der Waals surface area (Å²) >= 11 is 0. The second kappa shape index (κ2) is 10.7. The molecule has 0 bridgehead atoms. The lowest BCUT2D eigenvalue weighted by molar-refractivity contribution is -0.138. The van der Waals surface area contributed by atoms with Gasteiger partial charge in [0.1, 0.15) is 12.6 Å². The molecule has 1 aliphatic rings. The lowest BCUT2D eigenvalue weighted by Gasteiger charge is -2.27. The maximum absolute atomic E-state index is 12.8. The number of fused-ring (bicyclic) bond motifs is 3. The number of ether oxygens (including phenoxy) is 1. The first-order chi connectivity index (χ1) is 16.1. The average Bonchev–Trinajstić information content (AvgIpc) is 3.08. The second-order valence-electron chi connectivity index (χ2n) is 10.00. The number of alkyl carbamates (subject to hydrolysis) is 1. The maximum atomic E-state index is 12.8. The van der Waals surface area contributed by atoms with Gasteiger partial charge in [-0.2, -0.15) is 0 Å². The zero-order valence-corrected chi connectivity index (χ0v) is 20.3. The first-order valence-electron chi connectivity index (χ1n) is 11.7. The van der Waals surface area contributed by atoms with Crippen LogP contribution in [0.1, 0.15) is 64.0 Å². The predicted octanol–water partition coefficient (Wildman–Crippen LogP) is 4.70. The highest BCUT2D eigenvalue weighted by atomic mass is 16.5. The smallest absolute Gasteiger partial charge is 0.407 e.